The minimum Gasteiger partial charge on any atom is -0.383 e. The molecular weight excluding hydrogens is 379 g/mol. The minimum atomic E-state index is -0.915. The van der Waals surface area contributed by atoms with Crippen molar-refractivity contribution in [3.8, 4) is 0 Å². The molecule has 0 radical (unpaired) electrons. The van der Waals surface area contributed by atoms with E-state index in [0.29, 0.717) is 5.56 Å². The van der Waals surface area contributed by atoms with Crippen LogP contribution >= 0.6 is 0 Å². The van der Waals surface area contributed by atoms with Gasteiger partial charge in [-0.2, -0.15) is 0 Å². The first-order valence-corrected chi connectivity index (χ1v) is 9.22. The Morgan fingerprint density at radius 1 is 1.17 bits per heavy atom. The third-order valence-electron chi connectivity index (χ3n) is 5.21. The SMILES string of the molecule is CC1(C)O[C@@H]2[C@H](O1)[C@@H](C(=O)c1ccccc1)O[C@H]2n1cc(F)c2c(N)ncnc21. The Morgan fingerprint density at radius 2 is 1.90 bits per heavy atom. The zero-order valence-corrected chi connectivity index (χ0v) is 15.8. The van der Waals surface area contributed by atoms with Crippen LogP contribution in [0.2, 0.25) is 0 Å². The summed E-state index contributed by atoms with van der Waals surface area (Å²) in [5.41, 5.74) is 6.58. The van der Waals surface area contributed by atoms with Gasteiger partial charge >= 0.3 is 0 Å². The molecule has 2 N–H and O–H groups in total. The first-order valence-electron chi connectivity index (χ1n) is 9.22. The van der Waals surface area contributed by atoms with Gasteiger partial charge in [0.2, 0.25) is 0 Å². The van der Waals surface area contributed by atoms with E-state index < -0.39 is 36.1 Å². The highest BCUT2D eigenvalue weighted by molar-refractivity contribution is 6.00. The highest BCUT2D eigenvalue weighted by Gasteiger charge is 2.58. The predicted molar refractivity (Wildman–Crippen MR) is 100 cm³/mol. The van der Waals surface area contributed by atoms with Crippen molar-refractivity contribution in [2.75, 3.05) is 5.73 Å². The van der Waals surface area contributed by atoms with E-state index in [4.69, 9.17) is 19.9 Å². The monoisotopic (exact) mass is 398 g/mol. The van der Waals surface area contributed by atoms with Gasteiger partial charge in [-0.1, -0.05) is 30.3 Å². The van der Waals surface area contributed by atoms with Crippen molar-refractivity contribution in [2.45, 2.75) is 44.2 Å². The molecule has 2 fully saturated rings. The molecule has 4 heterocycles. The third kappa shape index (κ3) is 2.81. The number of carbonyl (C=O) groups is 1. The van der Waals surface area contributed by atoms with Gasteiger partial charge in [-0.15, -0.1) is 0 Å². The summed E-state index contributed by atoms with van der Waals surface area (Å²) in [4.78, 5) is 21.1. The number of aromatic nitrogens is 3. The Labute approximate surface area is 165 Å². The van der Waals surface area contributed by atoms with Crippen LogP contribution in [0, 0.1) is 5.82 Å². The number of hydrogen-bond acceptors (Lipinski definition) is 7. The fraction of sp³-hybridized carbons (Fsp3) is 0.350. The van der Waals surface area contributed by atoms with Crippen molar-refractivity contribution < 1.29 is 23.4 Å². The number of nitrogens with two attached hydrogens (primary N) is 1. The molecule has 4 atom stereocenters. The van der Waals surface area contributed by atoms with Gasteiger partial charge in [0.25, 0.3) is 0 Å². The summed E-state index contributed by atoms with van der Waals surface area (Å²) >= 11 is 0. The van der Waals surface area contributed by atoms with E-state index >= 15 is 0 Å². The highest BCUT2D eigenvalue weighted by Crippen LogP contribution is 2.45. The number of carbonyl (C=O) groups excluding carboxylic acids is 1. The maximum atomic E-state index is 14.6. The van der Waals surface area contributed by atoms with Gasteiger partial charge in [0.15, 0.2) is 35.4 Å². The van der Waals surface area contributed by atoms with Crippen LogP contribution in [-0.4, -0.2) is 44.4 Å². The van der Waals surface area contributed by atoms with E-state index in [1.54, 1.807) is 38.1 Å². The van der Waals surface area contributed by atoms with Crippen molar-refractivity contribution in [3.05, 3.63) is 54.2 Å². The number of ether oxygens (including phenoxy) is 3. The van der Waals surface area contributed by atoms with E-state index in [9.17, 15) is 9.18 Å². The normalized spacial score (nSPS) is 28.0. The molecule has 0 bridgehead atoms. The molecule has 5 rings (SSSR count). The van der Waals surface area contributed by atoms with Crippen LogP contribution in [0.4, 0.5) is 10.2 Å². The van der Waals surface area contributed by atoms with Crippen LogP contribution in [0.25, 0.3) is 11.0 Å². The molecule has 0 amide bonds. The van der Waals surface area contributed by atoms with Crippen molar-refractivity contribution in [2.24, 2.45) is 0 Å². The molecule has 8 nitrogen and oxygen atoms in total. The van der Waals surface area contributed by atoms with Crippen LogP contribution in [0.5, 0.6) is 0 Å². The van der Waals surface area contributed by atoms with E-state index in [2.05, 4.69) is 9.97 Å². The van der Waals surface area contributed by atoms with Crippen molar-refractivity contribution >= 4 is 22.6 Å². The number of anilines is 1. The van der Waals surface area contributed by atoms with Gasteiger partial charge in [0, 0.05) is 11.8 Å². The smallest absolute Gasteiger partial charge is 0.194 e. The summed E-state index contributed by atoms with van der Waals surface area (Å²) in [6.45, 7) is 3.53. The molecule has 29 heavy (non-hydrogen) atoms. The molecule has 0 saturated carbocycles. The number of hydrogen-bond donors (Lipinski definition) is 1. The maximum absolute atomic E-state index is 14.6. The predicted octanol–water partition coefficient (Wildman–Crippen LogP) is 2.45. The number of halogens is 1. The number of benzene rings is 1. The summed E-state index contributed by atoms with van der Waals surface area (Å²) in [6, 6.07) is 8.82. The maximum Gasteiger partial charge on any atom is 0.194 e. The number of Topliss-reactive ketones (excluding diaryl/α,β-unsaturated/α-hetero) is 1. The Hall–Kier alpha value is -2.88. The number of ketones is 1. The second-order valence-electron chi connectivity index (χ2n) is 7.58. The zero-order chi connectivity index (χ0) is 20.3. The fourth-order valence-electron chi connectivity index (χ4n) is 4.03. The minimum absolute atomic E-state index is 0.0293. The van der Waals surface area contributed by atoms with Gasteiger partial charge < -0.3 is 24.5 Å². The molecule has 0 spiro atoms. The lowest BCUT2D eigenvalue weighted by atomic mass is 10.0. The van der Waals surface area contributed by atoms with Crippen LogP contribution < -0.4 is 5.73 Å². The van der Waals surface area contributed by atoms with Crippen molar-refractivity contribution in [1.82, 2.24) is 14.5 Å². The van der Waals surface area contributed by atoms with Gasteiger partial charge in [0.1, 0.15) is 24.4 Å². The van der Waals surface area contributed by atoms with Crippen LogP contribution in [-0.2, 0) is 14.2 Å². The fourth-order valence-corrected chi connectivity index (χ4v) is 4.03. The zero-order valence-electron chi connectivity index (χ0n) is 15.8. The second-order valence-corrected chi connectivity index (χ2v) is 7.58. The Bertz CT molecular complexity index is 1100. The molecule has 2 aromatic heterocycles. The molecule has 0 unspecified atom stereocenters. The van der Waals surface area contributed by atoms with Gasteiger partial charge in [-0.05, 0) is 13.8 Å². The molecule has 0 aliphatic carbocycles. The van der Waals surface area contributed by atoms with Crippen LogP contribution in [0.1, 0.15) is 30.4 Å². The summed E-state index contributed by atoms with van der Waals surface area (Å²) in [5.74, 6) is -1.69. The van der Waals surface area contributed by atoms with Crippen molar-refractivity contribution in [3.63, 3.8) is 0 Å². The van der Waals surface area contributed by atoms with Crippen LogP contribution in [0.15, 0.2) is 42.9 Å². The standard InChI is InChI=1S/C20H19FN4O4/c1-20(2)28-15-14(13(26)10-6-4-3-5-7-10)27-19(16(15)29-20)25-8-11(21)12-17(22)23-9-24-18(12)25/h3-9,14-16,19H,1-2H3,(H2,22,23,24)/t14-,15-,16-,19-/m1/s1. The molecule has 150 valence electrons. The molecule has 9 heteroatoms. The first-order chi connectivity index (χ1) is 13.9. The summed E-state index contributed by atoms with van der Waals surface area (Å²) in [5, 5.41) is 0.101. The Kier molecular flexibility index (Phi) is 3.95. The van der Waals surface area contributed by atoms with E-state index in [0.717, 1.165) is 0 Å². The number of fused-ring (bicyclic) bond motifs is 2. The van der Waals surface area contributed by atoms with Gasteiger partial charge in [0.05, 0.1) is 5.39 Å². The lowest BCUT2D eigenvalue weighted by Crippen LogP contribution is -2.35. The number of nitrogens with zero attached hydrogens (tertiary/aromatic N) is 3. The number of rotatable bonds is 3. The summed E-state index contributed by atoms with van der Waals surface area (Å²) in [6.07, 6.45) is -0.518. The molecule has 2 saturated heterocycles. The average molecular weight is 398 g/mol. The topological polar surface area (TPSA) is 101 Å². The highest BCUT2D eigenvalue weighted by atomic mass is 19.1. The molecule has 2 aliphatic rings. The van der Waals surface area contributed by atoms with Crippen molar-refractivity contribution in [1.29, 1.82) is 0 Å². The van der Waals surface area contributed by atoms with E-state index in [1.807, 2.05) is 6.07 Å². The Balaban J connectivity index is 1.58. The van der Waals surface area contributed by atoms with Gasteiger partial charge in [-0.25, -0.2) is 14.4 Å². The van der Waals surface area contributed by atoms with Gasteiger partial charge in [-0.3, -0.25) is 4.79 Å². The van der Waals surface area contributed by atoms with E-state index in [1.165, 1.54) is 17.1 Å². The molecular formula is C20H19FN4O4. The summed E-state index contributed by atoms with van der Waals surface area (Å²) in [7, 11) is 0. The quantitative estimate of drug-likeness (QED) is 0.676. The second kappa shape index (κ2) is 6.31. The Morgan fingerprint density at radius 3 is 2.66 bits per heavy atom. The van der Waals surface area contributed by atoms with Crippen LogP contribution in [0.3, 0.4) is 0 Å². The largest absolute Gasteiger partial charge is 0.383 e. The molecule has 1 aromatic carbocycles. The summed E-state index contributed by atoms with van der Waals surface area (Å²) < 4.78 is 34.1. The molecule has 2 aliphatic heterocycles. The lowest BCUT2D eigenvalue weighted by Gasteiger charge is -2.24. The first kappa shape index (κ1) is 18.2. The number of nitrogen functional groups attached to an aromatic ring is 1. The molecule has 3 aromatic rings. The third-order valence-corrected chi connectivity index (χ3v) is 5.21. The van der Waals surface area contributed by atoms with E-state index in [-0.39, 0.29) is 22.6 Å². The average Bonchev–Trinajstić information content (AvgIpc) is 3.31. The lowest BCUT2D eigenvalue weighted by molar-refractivity contribution is -0.190.